The van der Waals surface area contributed by atoms with Crippen LogP contribution in [0.5, 0.6) is 0 Å². The molecule has 0 amide bonds. The number of ether oxygens (including phenoxy) is 3. The molecule has 0 radical (unpaired) electrons. The van der Waals surface area contributed by atoms with Crippen LogP contribution in [0.4, 0.5) is 0 Å². The standard InChI is InChI=1S/C19H23NO3/c1-21-12-13-23-15-14-22-11-10-20-18-8-4-2-6-16(18)17-7-3-5-9-19(17)20/h2-9H,10-15H2,1H3. The van der Waals surface area contributed by atoms with Crippen LogP contribution >= 0.6 is 0 Å². The summed E-state index contributed by atoms with van der Waals surface area (Å²) in [4.78, 5) is 0. The molecule has 122 valence electrons. The van der Waals surface area contributed by atoms with Gasteiger partial charge in [0, 0.05) is 35.5 Å². The van der Waals surface area contributed by atoms with Crippen LogP contribution in [0, 0.1) is 0 Å². The molecular formula is C19H23NO3. The Morgan fingerprint density at radius 3 is 1.83 bits per heavy atom. The van der Waals surface area contributed by atoms with Gasteiger partial charge in [0.05, 0.1) is 33.0 Å². The molecule has 0 atom stereocenters. The van der Waals surface area contributed by atoms with Crippen molar-refractivity contribution in [3.8, 4) is 0 Å². The maximum Gasteiger partial charge on any atom is 0.0701 e. The van der Waals surface area contributed by atoms with Crippen LogP contribution in [0.1, 0.15) is 0 Å². The molecule has 0 fully saturated rings. The normalized spacial score (nSPS) is 11.5. The van der Waals surface area contributed by atoms with Crippen molar-refractivity contribution < 1.29 is 14.2 Å². The van der Waals surface area contributed by atoms with Crippen molar-refractivity contribution in [2.45, 2.75) is 6.54 Å². The molecule has 0 aliphatic carbocycles. The highest BCUT2D eigenvalue weighted by Gasteiger charge is 2.08. The SMILES string of the molecule is COCCOCCOCCn1c2ccccc2c2ccccc21. The first-order valence-corrected chi connectivity index (χ1v) is 8.02. The third-order valence-electron chi connectivity index (χ3n) is 3.94. The summed E-state index contributed by atoms with van der Waals surface area (Å²) in [6.45, 7) is 3.98. The number of benzene rings is 2. The van der Waals surface area contributed by atoms with Crippen LogP contribution in [0.25, 0.3) is 21.8 Å². The summed E-state index contributed by atoms with van der Waals surface area (Å²) in [6, 6.07) is 17.0. The highest BCUT2D eigenvalue weighted by Crippen LogP contribution is 2.28. The van der Waals surface area contributed by atoms with Gasteiger partial charge in [-0.1, -0.05) is 36.4 Å². The van der Waals surface area contributed by atoms with Gasteiger partial charge in [-0.3, -0.25) is 0 Å². The van der Waals surface area contributed by atoms with Crippen LogP contribution in [-0.4, -0.2) is 44.7 Å². The molecule has 0 spiro atoms. The van der Waals surface area contributed by atoms with Gasteiger partial charge >= 0.3 is 0 Å². The molecule has 1 heterocycles. The van der Waals surface area contributed by atoms with Crippen molar-refractivity contribution in [3.63, 3.8) is 0 Å². The lowest BCUT2D eigenvalue weighted by atomic mass is 10.2. The zero-order chi connectivity index (χ0) is 15.9. The zero-order valence-electron chi connectivity index (χ0n) is 13.5. The second-order valence-corrected chi connectivity index (χ2v) is 5.40. The lowest BCUT2D eigenvalue weighted by molar-refractivity contribution is 0.0234. The molecule has 4 heteroatoms. The lowest BCUT2D eigenvalue weighted by Gasteiger charge is -2.09. The number of aromatic nitrogens is 1. The largest absolute Gasteiger partial charge is 0.382 e. The van der Waals surface area contributed by atoms with Crippen LogP contribution in [-0.2, 0) is 20.8 Å². The van der Waals surface area contributed by atoms with E-state index in [4.69, 9.17) is 14.2 Å². The molecule has 0 saturated carbocycles. The van der Waals surface area contributed by atoms with Gasteiger partial charge in [0.1, 0.15) is 0 Å². The average Bonchev–Trinajstić information content (AvgIpc) is 2.92. The predicted octanol–water partition coefficient (Wildman–Crippen LogP) is 3.47. The Morgan fingerprint density at radius 1 is 0.696 bits per heavy atom. The Bertz CT molecular complexity index is 697. The van der Waals surface area contributed by atoms with Crippen molar-refractivity contribution in [2.75, 3.05) is 40.1 Å². The summed E-state index contributed by atoms with van der Waals surface area (Å²) in [6.07, 6.45) is 0. The highest BCUT2D eigenvalue weighted by molar-refractivity contribution is 6.07. The van der Waals surface area contributed by atoms with E-state index < -0.39 is 0 Å². The summed E-state index contributed by atoms with van der Waals surface area (Å²) in [5.74, 6) is 0. The third kappa shape index (κ3) is 3.72. The number of hydrogen-bond acceptors (Lipinski definition) is 3. The van der Waals surface area contributed by atoms with E-state index in [2.05, 4.69) is 53.1 Å². The lowest BCUT2D eigenvalue weighted by Crippen LogP contribution is -2.11. The Kier molecular flexibility index (Phi) is 5.64. The summed E-state index contributed by atoms with van der Waals surface area (Å²) in [5, 5.41) is 2.59. The fraction of sp³-hybridized carbons (Fsp3) is 0.368. The Balaban J connectivity index is 1.61. The maximum atomic E-state index is 5.70. The molecule has 0 aliphatic rings. The van der Waals surface area contributed by atoms with Gasteiger partial charge in [0.15, 0.2) is 0 Å². The van der Waals surface area contributed by atoms with Crippen molar-refractivity contribution >= 4 is 21.8 Å². The minimum Gasteiger partial charge on any atom is -0.382 e. The fourth-order valence-corrected chi connectivity index (χ4v) is 2.86. The van der Waals surface area contributed by atoms with Gasteiger partial charge < -0.3 is 18.8 Å². The van der Waals surface area contributed by atoms with Crippen LogP contribution in [0.15, 0.2) is 48.5 Å². The van der Waals surface area contributed by atoms with E-state index in [-0.39, 0.29) is 0 Å². The Labute approximate surface area is 136 Å². The number of methoxy groups -OCH3 is 1. The third-order valence-corrected chi connectivity index (χ3v) is 3.94. The molecule has 0 N–H and O–H groups in total. The van der Waals surface area contributed by atoms with Gasteiger partial charge in [-0.15, -0.1) is 0 Å². The fourth-order valence-electron chi connectivity index (χ4n) is 2.86. The molecule has 0 bridgehead atoms. The Morgan fingerprint density at radius 2 is 1.22 bits per heavy atom. The van der Waals surface area contributed by atoms with Gasteiger partial charge in [-0.05, 0) is 12.1 Å². The zero-order valence-corrected chi connectivity index (χ0v) is 13.5. The van der Waals surface area contributed by atoms with E-state index in [9.17, 15) is 0 Å². The van der Waals surface area contributed by atoms with Crippen molar-refractivity contribution in [3.05, 3.63) is 48.5 Å². The van der Waals surface area contributed by atoms with Gasteiger partial charge in [0.2, 0.25) is 0 Å². The maximum absolute atomic E-state index is 5.70. The van der Waals surface area contributed by atoms with Crippen LogP contribution < -0.4 is 0 Å². The van der Waals surface area contributed by atoms with E-state index in [1.165, 1.54) is 21.8 Å². The molecule has 1 aromatic heterocycles. The van der Waals surface area contributed by atoms with Crippen molar-refractivity contribution in [2.24, 2.45) is 0 Å². The van der Waals surface area contributed by atoms with E-state index >= 15 is 0 Å². The van der Waals surface area contributed by atoms with Gasteiger partial charge in [0.25, 0.3) is 0 Å². The molecule has 2 aromatic carbocycles. The van der Waals surface area contributed by atoms with E-state index in [0.29, 0.717) is 33.0 Å². The number of nitrogens with zero attached hydrogens (tertiary/aromatic N) is 1. The molecule has 4 nitrogen and oxygen atoms in total. The highest BCUT2D eigenvalue weighted by atomic mass is 16.5. The van der Waals surface area contributed by atoms with Gasteiger partial charge in [-0.2, -0.15) is 0 Å². The number of hydrogen-bond donors (Lipinski definition) is 0. The number of rotatable bonds is 9. The van der Waals surface area contributed by atoms with Crippen LogP contribution in [0.3, 0.4) is 0 Å². The number of para-hydroxylation sites is 2. The monoisotopic (exact) mass is 313 g/mol. The quantitative estimate of drug-likeness (QED) is 0.567. The molecule has 23 heavy (non-hydrogen) atoms. The second-order valence-electron chi connectivity index (χ2n) is 5.40. The van der Waals surface area contributed by atoms with E-state index in [0.717, 1.165) is 6.54 Å². The molecule has 0 unspecified atom stereocenters. The molecule has 3 rings (SSSR count). The second kappa shape index (κ2) is 8.11. The van der Waals surface area contributed by atoms with Gasteiger partial charge in [-0.25, -0.2) is 0 Å². The number of fused-ring (bicyclic) bond motifs is 3. The first kappa shape index (κ1) is 16.0. The topological polar surface area (TPSA) is 32.6 Å². The average molecular weight is 313 g/mol. The first-order valence-electron chi connectivity index (χ1n) is 8.02. The summed E-state index contributed by atoms with van der Waals surface area (Å²) < 4.78 is 18.4. The van der Waals surface area contributed by atoms with E-state index in [1.807, 2.05) is 0 Å². The molecule has 3 aromatic rings. The summed E-state index contributed by atoms with van der Waals surface area (Å²) in [5.41, 5.74) is 2.52. The van der Waals surface area contributed by atoms with Crippen molar-refractivity contribution in [1.29, 1.82) is 0 Å². The van der Waals surface area contributed by atoms with Crippen LogP contribution in [0.2, 0.25) is 0 Å². The van der Waals surface area contributed by atoms with E-state index in [1.54, 1.807) is 7.11 Å². The Hall–Kier alpha value is -1.88. The minimum atomic E-state index is 0.608. The molecule has 0 saturated heterocycles. The molecule has 0 aliphatic heterocycles. The smallest absolute Gasteiger partial charge is 0.0701 e. The minimum absolute atomic E-state index is 0.608. The predicted molar refractivity (Wildman–Crippen MR) is 93.0 cm³/mol. The first-order chi connectivity index (χ1) is 11.4. The summed E-state index contributed by atoms with van der Waals surface area (Å²) in [7, 11) is 1.67. The van der Waals surface area contributed by atoms with Crippen molar-refractivity contribution in [1.82, 2.24) is 4.57 Å². The summed E-state index contributed by atoms with van der Waals surface area (Å²) >= 11 is 0. The molecular weight excluding hydrogens is 290 g/mol.